The van der Waals surface area contributed by atoms with E-state index in [1.54, 1.807) is 0 Å². The average Bonchev–Trinajstić information content (AvgIpc) is 2.99. The van der Waals surface area contributed by atoms with Gasteiger partial charge in [-0.15, -0.1) is 11.3 Å². The van der Waals surface area contributed by atoms with Gasteiger partial charge in [-0.05, 0) is 48.9 Å². The Hall–Kier alpha value is -1.34. The first-order valence-corrected chi connectivity index (χ1v) is 12.7. The van der Waals surface area contributed by atoms with Gasteiger partial charge in [-0.25, -0.2) is 0 Å². The summed E-state index contributed by atoms with van der Waals surface area (Å²) in [6.45, 7) is 2.08. The molecule has 4 rings (SSSR count). The lowest BCUT2D eigenvalue weighted by atomic mass is 10.2. The summed E-state index contributed by atoms with van der Waals surface area (Å²) >= 11 is 14.6. The van der Waals surface area contributed by atoms with Crippen molar-refractivity contribution in [3.63, 3.8) is 0 Å². The highest BCUT2D eigenvalue weighted by Gasteiger charge is 2.46. The monoisotopic (exact) mass is 476 g/mol. The topological polar surface area (TPSA) is 0 Å². The first kappa shape index (κ1) is 22.3. The largest absolute Gasteiger partial charge is 1.00 e. The molecule has 0 unspecified atom stereocenters. The van der Waals surface area contributed by atoms with E-state index in [0.29, 0.717) is 0 Å². The lowest BCUT2D eigenvalue weighted by Gasteiger charge is -2.28. The van der Waals surface area contributed by atoms with Gasteiger partial charge in [-0.3, -0.25) is 0 Å². The molecule has 29 heavy (non-hydrogen) atoms. The van der Waals surface area contributed by atoms with E-state index in [1.165, 1.54) is 32.8 Å². The third-order valence-electron chi connectivity index (χ3n) is 5.15. The lowest BCUT2D eigenvalue weighted by molar-refractivity contribution is -0.00000523. The minimum absolute atomic E-state index is 0. The molecule has 148 valence electrons. The van der Waals surface area contributed by atoms with E-state index in [4.69, 9.17) is 23.2 Å². The van der Waals surface area contributed by atoms with Crippen molar-refractivity contribution in [1.82, 2.24) is 0 Å². The van der Waals surface area contributed by atoms with Crippen LogP contribution in [-0.2, 0) is 6.16 Å². The molecular formula is C24H20Cl3PS. The Labute approximate surface area is 193 Å². The van der Waals surface area contributed by atoms with Crippen LogP contribution >= 0.6 is 41.8 Å². The van der Waals surface area contributed by atoms with E-state index in [-0.39, 0.29) is 12.4 Å². The quantitative estimate of drug-likeness (QED) is 0.383. The van der Waals surface area contributed by atoms with Gasteiger partial charge in [-0.1, -0.05) is 77.8 Å². The molecule has 1 aromatic heterocycles. The molecule has 0 nitrogen and oxygen atoms in total. The van der Waals surface area contributed by atoms with Crippen LogP contribution in [-0.4, -0.2) is 0 Å². The number of hydrogen-bond donors (Lipinski definition) is 0. The molecule has 0 radical (unpaired) electrons. The van der Waals surface area contributed by atoms with Gasteiger partial charge >= 0.3 is 0 Å². The number of hydrogen-bond acceptors (Lipinski definition) is 1. The van der Waals surface area contributed by atoms with Crippen molar-refractivity contribution < 1.29 is 12.4 Å². The van der Waals surface area contributed by atoms with Gasteiger partial charge < -0.3 is 12.4 Å². The summed E-state index contributed by atoms with van der Waals surface area (Å²) in [7, 11) is -1.95. The highest BCUT2D eigenvalue weighted by Crippen LogP contribution is 2.60. The highest BCUT2D eigenvalue weighted by atomic mass is 35.5. The molecule has 0 amide bonds. The third-order valence-corrected chi connectivity index (χ3v) is 11.4. The summed E-state index contributed by atoms with van der Waals surface area (Å²) in [5.74, 6) is 0. The molecule has 0 saturated heterocycles. The predicted molar refractivity (Wildman–Crippen MR) is 128 cm³/mol. The third kappa shape index (κ3) is 4.26. The molecule has 1 heterocycles. The van der Waals surface area contributed by atoms with E-state index in [1.807, 2.05) is 0 Å². The van der Waals surface area contributed by atoms with Crippen molar-refractivity contribution >= 4 is 57.7 Å². The van der Waals surface area contributed by atoms with Gasteiger partial charge in [0, 0.05) is 5.56 Å². The molecule has 0 atom stereocenters. The van der Waals surface area contributed by atoms with Crippen LogP contribution in [0.5, 0.6) is 0 Å². The Kier molecular flexibility index (Phi) is 7.43. The summed E-state index contributed by atoms with van der Waals surface area (Å²) in [5.41, 5.74) is 2.27. The molecule has 0 aliphatic carbocycles. The average molecular weight is 478 g/mol. The van der Waals surface area contributed by atoms with Gasteiger partial charge in [0.1, 0.15) is 33.7 Å². The Morgan fingerprint density at radius 2 is 1.03 bits per heavy atom. The number of thiophene rings is 1. The molecule has 0 aliphatic rings. The maximum absolute atomic E-state index is 6.67. The van der Waals surface area contributed by atoms with Crippen molar-refractivity contribution in [2.75, 3.05) is 0 Å². The van der Waals surface area contributed by atoms with Crippen LogP contribution in [0.2, 0.25) is 8.67 Å². The summed E-state index contributed by atoms with van der Waals surface area (Å²) < 4.78 is 1.59. The molecule has 0 saturated carbocycles. The SMILES string of the molecule is Cc1c(Cl)sc(Cl)c1C[P+](c1ccccc1)(c1ccccc1)c1ccccc1.[Cl-]. The maximum atomic E-state index is 6.67. The van der Waals surface area contributed by atoms with Gasteiger partial charge in [0.25, 0.3) is 0 Å². The van der Waals surface area contributed by atoms with Crippen molar-refractivity contribution in [1.29, 1.82) is 0 Å². The van der Waals surface area contributed by atoms with Gasteiger partial charge in [0.15, 0.2) is 0 Å². The first-order valence-electron chi connectivity index (χ1n) is 9.11. The van der Waals surface area contributed by atoms with Gasteiger partial charge in [-0.2, -0.15) is 0 Å². The van der Waals surface area contributed by atoms with E-state index in [9.17, 15) is 0 Å². The second-order valence-electron chi connectivity index (χ2n) is 6.73. The molecule has 0 spiro atoms. The number of rotatable bonds is 5. The Morgan fingerprint density at radius 3 is 1.34 bits per heavy atom. The van der Waals surface area contributed by atoms with Crippen molar-refractivity contribution in [2.24, 2.45) is 0 Å². The molecule has 5 heteroatoms. The van der Waals surface area contributed by atoms with Crippen molar-refractivity contribution in [2.45, 2.75) is 13.1 Å². The van der Waals surface area contributed by atoms with Crippen LogP contribution in [0.1, 0.15) is 11.1 Å². The molecule has 0 aliphatic heterocycles. The van der Waals surface area contributed by atoms with Crippen LogP contribution in [0.4, 0.5) is 0 Å². The fourth-order valence-corrected chi connectivity index (χ4v) is 9.91. The predicted octanol–water partition coefficient (Wildman–Crippen LogP) is 3.86. The molecular weight excluding hydrogens is 458 g/mol. The van der Waals surface area contributed by atoms with Crippen LogP contribution < -0.4 is 28.3 Å². The summed E-state index contributed by atoms with van der Waals surface area (Å²) in [5, 5.41) is 4.06. The minimum Gasteiger partial charge on any atom is -1.00 e. The zero-order chi connectivity index (χ0) is 19.6. The Bertz CT molecular complexity index is 967. The second-order valence-corrected chi connectivity index (χ2v) is 12.4. The molecule has 0 bridgehead atoms. The van der Waals surface area contributed by atoms with Crippen LogP contribution in [0.3, 0.4) is 0 Å². The summed E-state index contributed by atoms with van der Waals surface area (Å²) in [4.78, 5) is 0. The van der Waals surface area contributed by atoms with Crippen molar-refractivity contribution in [3.8, 4) is 0 Å². The normalized spacial score (nSPS) is 11.1. The first-order chi connectivity index (χ1) is 13.6. The smallest absolute Gasteiger partial charge is 0.116 e. The highest BCUT2D eigenvalue weighted by molar-refractivity contribution is 7.95. The lowest BCUT2D eigenvalue weighted by Crippen LogP contribution is -3.00. The molecule has 4 aromatic rings. The van der Waals surface area contributed by atoms with Crippen LogP contribution in [0.15, 0.2) is 91.0 Å². The number of halogens is 3. The maximum Gasteiger partial charge on any atom is 0.116 e. The molecule has 0 fully saturated rings. The Morgan fingerprint density at radius 1 is 0.655 bits per heavy atom. The standard InChI is InChI=1S/C24H20Cl2PS.ClH/c1-18-22(24(26)28-23(18)25)17-27(19-11-5-2-6-12-19,20-13-7-3-8-14-20)21-15-9-4-10-16-21;/h2-16H,17H2,1H3;1H/q+1;/p-1. The zero-order valence-electron chi connectivity index (χ0n) is 15.9. The Balaban J connectivity index is 0.00000240. The summed E-state index contributed by atoms with van der Waals surface area (Å²) in [6.07, 6.45) is 0.860. The second kappa shape index (κ2) is 9.65. The van der Waals surface area contributed by atoms with Crippen molar-refractivity contribution in [3.05, 3.63) is 111 Å². The van der Waals surface area contributed by atoms with Crippen LogP contribution in [0.25, 0.3) is 0 Å². The molecule has 0 N–H and O–H groups in total. The van der Waals surface area contributed by atoms with E-state index < -0.39 is 7.26 Å². The summed E-state index contributed by atoms with van der Waals surface area (Å²) in [6, 6.07) is 32.5. The van der Waals surface area contributed by atoms with Crippen LogP contribution in [0, 0.1) is 6.92 Å². The number of benzene rings is 3. The fraction of sp³-hybridized carbons (Fsp3) is 0.0833. The minimum atomic E-state index is -1.95. The van der Waals surface area contributed by atoms with Gasteiger partial charge in [0.2, 0.25) is 0 Å². The molecule has 3 aromatic carbocycles. The van der Waals surface area contributed by atoms with E-state index in [0.717, 1.165) is 20.4 Å². The fourth-order valence-electron chi connectivity index (χ4n) is 3.67. The van der Waals surface area contributed by atoms with E-state index >= 15 is 0 Å². The van der Waals surface area contributed by atoms with E-state index in [2.05, 4.69) is 97.9 Å². The van der Waals surface area contributed by atoms with Gasteiger partial charge in [0.05, 0.1) is 4.34 Å². The zero-order valence-corrected chi connectivity index (χ0v) is 19.8.